The van der Waals surface area contributed by atoms with E-state index in [0.717, 1.165) is 32.1 Å². The van der Waals surface area contributed by atoms with E-state index in [4.69, 9.17) is 10.5 Å². The van der Waals surface area contributed by atoms with Crippen molar-refractivity contribution in [1.82, 2.24) is 9.21 Å². The van der Waals surface area contributed by atoms with Crippen LogP contribution in [0.1, 0.15) is 51.9 Å². The Kier molecular flexibility index (Phi) is 7.94. The van der Waals surface area contributed by atoms with Crippen LogP contribution in [0.5, 0.6) is 5.75 Å². The number of hydrogen-bond donors (Lipinski definition) is 1. The smallest absolute Gasteiger partial charge is 0.243 e. The van der Waals surface area contributed by atoms with Crippen LogP contribution >= 0.6 is 0 Å². The molecule has 31 heavy (non-hydrogen) atoms. The van der Waals surface area contributed by atoms with Crippen LogP contribution < -0.4 is 10.5 Å². The quantitative estimate of drug-likeness (QED) is 0.651. The lowest BCUT2D eigenvalue weighted by Gasteiger charge is -2.36. The van der Waals surface area contributed by atoms with E-state index in [1.54, 1.807) is 29.2 Å². The van der Waals surface area contributed by atoms with Crippen molar-refractivity contribution < 1.29 is 22.7 Å². The van der Waals surface area contributed by atoms with Gasteiger partial charge in [-0.15, -0.1) is 0 Å². The van der Waals surface area contributed by atoms with Crippen molar-refractivity contribution >= 4 is 21.8 Å². The number of likely N-dealkylation sites (tertiary alicyclic amines) is 1. The van der Waals surface area contributed by atoms with E-state index in [9.17, 15) is 18.0 Å². The zero-order valence-corrected chi connectivity index (χ0v) is 19.0. The van der Waals surface area contributed by atoms with Crippen LogP contribution in [0, 0.1) is 5.92 Å². The highest BCUT2D eigenvalue weighted by molar-refractivity contribution is 7.89. The van der Waals surface area contributed by atoms with Gasteiger partial charge in [-0.3, -0.25) is 9.59 Å². The van der Waals surface area contributed by atoms with Gasteiger partial charge < -0.3 is 15.4 Å². The molecular formula is C22H33N3O5S. The van der Waals surface area contributed by atoms with E-state index in [1.807, 2.05) is 6.92 Å². The zero-order chi connectivity index (χ0) is 22.4. The number of rotatable bonds is 8. The topological polar surface area (TPSA) is 110 Å². The minimum absolute atomic E-state index is 0.168. The van der Waals surface area contributed by atoms with Crippen LogP contribution in [0.4, 0.5) is 0 Å². The number of primary amides is 1. The first-order valence-electron chi connectivity index (χ1n) is 11.1. The molecule has 2 fully saturated rings. The summed E-state index contributed by atoms with van der Waals surface area (Å²) in [5.74, 6) is -0.165. The monoisotopic (exact) mass is 451 g/mol. The highest BCUT2D eigenvalue weighted by Crippen LogP contribution is 2.29. The summed E-state index contributed by atoms with van der Waals surface area (Å²) in [6, 6.07) is 6.19. The standard InChI is InChI=1S/C22H33N3O5S/c1-2-30-19-8-10-20(11-9-19)31(28,29)25(18-6-4-3-5-7-18)16-21(26)24-14-12-17(13-15-24)22(23)27/h8-11,17-18H,2-7,12-16H2,1H3,(H2,23,27). The largest absolute Gasteiger partial charge is 0.494 e. The lowest BCUT2D eigenvalue weighted by atomic mass is 9.95. The number of benzene rings is 1. The molecule has 2 amide bonds. The molecule has 2 N–H and O–H groups in total. The van der Waals surface area contributed by atoms with Gasteiger partial charge >= 0.3 is 0 Å². The zero-order valence-electron chi connectivity index (χ0n) is 18.2. The predicted molar refractivity (Wildman–Crippen MR) is 117 cm³/mol. The van der Waals surface area contributed by atoms with Crippen molar-refractivity contribution in [2.75, 3.05) is 26.2 Å². The van der Waals surface area contributed by atoms with Crippen molar-refractivity contribution in [2.24, 2.45) is 11.7 Å². The van der Waals surface area contributed by atoms with E-state index in [-0.39, 0.29) is 35.2 Å². The molecule has 1 aliphatic heterocycles. The summed E-state index contributed by atoms with van der Waals surface area (Å²) in [5.41, 5.74) is 5.38. The van der Waals surface area contributed by atoms with Crippen LogP contribution in [-0.2, 0) is 19.6 Å². The molecule has 1 saturated carbocycles. The van der Waals surface area contributed by atoms with E-state index in [0.29, 0.717) is 38.3 Å². The first kappa shape index (κ1) is 23.5. The maximum absolute atomic E-state index is 13.5. The molecule has 1 aromatic carbocycles. The van der Waals surface area contributed by atoms with Crippen LogP contribution in [-0.4, -0.2) is 61.7 Å². The van der Waals surface area contributed by atoms with Gasteiger partial charge in [0.05, 0.1) is 18.0 Å². The Hall–Kier alpha value is -2.13. The second-order valence-corrected chi connectivity index (χ2v) is 10.2. The van der Waals surface area contributed by atoms with Gasteiger partial charge in [-0.1, -0.05) is 19.3 Å². The molecular weight excluding hydrogens is 418 g/mol. The highest BCUT2D eigenvalue weighted by Gasteiger charge is 2.36. The molecule has 0 spiro atoms. The molecule has 3 rings (SSSR count). The normalized spacial score (nSPS) is 18.8. The summed E-state index contributed by atoms with van der Waals surface area (Å²) < 4.78 is 33.8. The van der Waals surface area contributed by atoms with E-state index >= 15 is 0 Å². The maximum atomic E-state index is 13.5. The van der Waals surface area contributed by atoms with Gasteiger partial charge in [0, 0.05) is 25.0 Å². The van der Waals surface area contributed by atoms with Gasteiger partial charge in [-0.05, 0) is 56.9 Å². The van der Waals surface area contributed by atoms with E-state index < -0.39 is 10.0 Å². The molecule has 0 unspecified atom stereocenters. The van der Waals surface area contributed by atoms with Crippen molar-refractivity contribution in [1.29, 1.82) is 0 Å². The fourth-order valence-electron chi connectivity index (χ4n) is 4.44. The summed E-state index contributed by atoms with van der Waals surface area (Å²) in [6.07, 6.45) is 5.56. The van der Waals surface area contributed by atoms with Crippen LogP contribution in [0.15, 0.2) is 29.2 Å². The Morgan fingerprint density at radius 1 is 1.06 bits per heavy atom. The van der Waals surface area contributed by atoms with E-state index in [2.05, 4.69) is 0 Å². The average Bonchev–Trinajstić information content (AvgIpc) is 2.78. The minimum atomic E-state index is -3.83. The Labute approximate surface area is 184 Å². The minimum Gasteiger partial charge on any atom is -0.494 e. The van der Waals surface area contributed by atoms with Crippen molar-refractivity contribution in [3.05, 3.63) is 24.3 Å². The lowest BCUT2D eigenvalue weighted by molar-refractivity contribution is -0.135. The third kappa shape index (κ3) is 5.77. The molecule has 1 saturated heterocycles. The second kappa shape index (κ2) is 10.5. The fourth-order valence-corrected chi connectivity index (χ4v) is 6.07. The molecule has 0 bridgehead atoms. The van der Waals surface area contributed by atoms with Crippen LogP contribution in [0.2, 0.25) is 0 Å². The molecule has 9 heteroatoms. The van der Waals surface area contributed by atoms with Gasteiger partial charge in [0.15, 0.2) is 0 Å². The summed E-state index contributed by atoms with van der Waals surface area (Å²) >= 11 is 0. The second-order valence-electron chi connectivity index (χ2n) is 8.30. The first-order valence-corrected chi connectivity index (χ1v) is 12.6. The molecule has 8 nitrogen and oxygen atoms in total. The van der Waals surface area contributed by atoms with Gasteiger partial charge in [0.1, 0.15) is 5.75 Å². The van der Waals surface area contributed by atoms with Crippen LogP contribution in [0.25, 0.3) is 0 Å². The molecule has 2 aliphatic rings. The molecule has 0 atom stereocenters. The average molecular weight is 452 g/mol. The number of ether oxygens (including phenoxy) is 1. The fraction of sp³-hybridized carbons (Fsp3) is 0.636. The Bertz CT molecular complexity index is 858. The molecule has 0 aromatic heterocycles. The number of hydrogen-bond acceptors (Lipinski definition) is 5. The van der Waals surface area contributed by atoms with Crippen molar-refractivity contribution in [3.8, 4) is 5.75 Å². The third-order valence-corrected chi connectivity index (χ3v) is 8.18. The van der Waals surface area contributed by atoms with Crippen LogP contribution in [0.3, 0.4) is 0 Å². The molecule has 1 aromatic rings. The number of carbonyl (C=O) groups is 2. The lowest BCUT2D eigenvalue weighted by Crippen LogP contribution is -2.50. The number of amides is 2. The molecule has 1 heterocycles. The van der Waals surface area contributed by atoms with Gasteiger partial charge in [0.2, 0.25) is 21.8 Å². The summed E-state index contributed by atoms with van der Waals surface area (Å²) in [5, 5.41) is 0. The maximum Gasteiger partial charge on any atom is 0.243 e. The van der Waals surface area contributed by atoms with Gasteiger partial charge in [-0.25, -0.2) is 8.42 Å². The summed E-state index contributed by atoms with van der Waals surface area (Å²) in [6.45, 7) is 3.04. The van der Waals surface area contributed by atoms with E-state index in [1.165, 1.54) is 4.31 Å². The summed E-state index contributed by atoms with van der Waals surface area (Å²) in [7, 11) is -3.83. The molecule has 0 radical (unpaired) electrons. The number of sulfonamides is 1. The number of nitrogens with zero attached hydrogens (tertiary/aromatic N) is 2. The Balaban J connectivity index is 1.77. The molecule has 172 valence electrons. The van der Waals surface area contributed by atoms with Gasteiger partial charge in [0.25, 0.3) is 0 Å². The third-order valence-electron chi connectivity index (χ3n) is 6.26. The van der Waals surface area contributed by atoms with Crippen molar-refractivity contribution in [2.45, 2.75) is 62.8 Å². The van der Waals surface area contributed by atoms with Gasteiger partial charge in [-0.2, -0.15) is 4.31 Å². The predicted octanol–water partition coefficient (Wildman–Crippen LogP) is 2.13. The summed E-state index contributed by atoms with van der Waals surface area (Å²) in [4.78, 5) is 26.2. The number of carbonyl (C=O) groups excluding carboxylic acids is 2. The molecule has 1 aliphatic carbocycles. The number of nitrogens with two attached hydrogens (primary N) is 1. The SMILES string of the molecule is CCOc1ccc(S(=O)(=O)N(CC(=O)N2CCC(C(N)=O)CC2)C2CCCCC2)cc1. The Morgan fingerprint density at radius 2 is 1.68 bits per heavy atom. The number of piperidine rings is 1. The van der Waals surface area contributed by atoms with Crippen molar-refractivity contribution in [3.63, 3.8) is 0 Å². The Morgan fingerprint density at radius 3 is 2.23 bits per heavy atom. The first-order chi connectivity index (χ1) is 14.8. The highest BCUT2D eigenvalue weighted by atomic mass is 32.2.